The molecule has 11 heavy (non-hydrogen) atoms. The first-order chi connectivity index (χ1) is 5.00. The zero-order chi connectivity index (χ0) is 9.02. The molecule has 1 atom stereocenters. The number of nitrogens with one attached hydrogen (secondary N) is 2. The highest BCUT2D eigenvalue weighted by Gasteiger charge is 2.28. The summed E-state index contributed by atoms with van der Waals surface area (Å²) < 4.78 is 0.653. The number of nitrogens with zero attached hydrogens (tertiary/aromatic N) is 1. The van der Waals surface area contributed by atoms with Crippen LogP contribution in [0.2, 0.25) is 0 Å². The lowest BCUT2D eigenvalue weighted by atomic mass is 10.1. The van der Waals surface area contributed by atoms with Crippen LogP contribution in [0.25, 0.3) is 0 Å². The lowest BCUT2D eigenvalue weighted by molar-refractivity contribution is -0.509. The number of hydrogen-bond acceptors (Lipinski definition) is 3. The van der Waals surface area contributed by atoms with E-state index in [1.807, 2.05) is 0 Å². The van der Waals surface area contributed by atoms with E-state index in [2.05, 4.69) is 5.32 Å². The van der Waals surface area contributed by atoms with Gasteiger partial charge in [-0.3, -0.25) is 4.79 Å². The van der Waals surface area contributed by atoms with Gasteiger partial charge in [-0.05, 0) is 6.92 Å². The highest BCUT2D eigenvalue weighted by atomic mass is 16.2. The van der Waals surface area contributed by atoms with Crippen molar-refractivity contribution >= 4 is 11.8 Å². The van der Waals surface area contributed by atoms with E-state index in [1.54, 1.807) is 0 Å². The monoisotopic (exact) mass is 158 g/mol. The van der Waals surface area contributed by atoms with E-state index in [4.69, 9.17) is 5.53 Å². The minimum atomic E-state index is -0.775. The number of amides is 2. The van der Waals surface area contributed by atoms with Gasteiger partial charge in [-0.2, -0.15) is 0 Å². The molecule has 2 N–H and O–H groups in total. The Bertz CT molecular complexity index is 200. The first-order valence-corrected chi connectivity index (χ1v) is 3.21. The fourth-order valence-electron chi connectivity index (χ4n) is 0.619. The van der Waals surface area contributed by atoms with Crippen molar-refractivity contribution in [3.05, 3.63) is 0 Å². The smallest absolute Gasteiger partial charge is 0.358 e. The van der Waals surface area contributed by atoms with E-state index in [9.17, 15) is 9.59 Å². The molecule has 5 nitrogen and oxygen atoms in total. The van der Waals surface area contributed by atoms with Gasteiger partial charge in [0.25, 0.3) is 0 Å². The zero-order valence-electron chi connectivity index (χ0n) is 6.84. The summed E-state index contributed by atoms with van der Waals surface area (Å²) in [6.45, 7) is 1.46. The van der Waals surface area contributed by atoms with E-state index < -0.39 is 11.8 Å². The van der Waals surface area contributed by atoms with Crippen LogP contribution in [-0.4, -0.2) is 30.6 Å². The highest BCUT2D eigenvalue weighted by molar-refractivity contribution is 5.96. The Hall–Kier alpha value is -1.26. The molecule has 0 aliphatic rings. The third-order valence-corrected chi connectivity index (χ3v) is 1.34. The molecule has 0 bridgehead atoms. The van der Waals surface area contributed by atoms with Crippen LogP contribution in [0.5, 0.6) is 0 Å². The molecule has 2 amide bonds. The maximum Gasteiger partial charge on any atom is 0.423 e. The largest absolute Gasteiger partial charge is 0.423 e. The number of hydrogen-bond donors (Lipinski definition) is 2. The standard InChI is InChI=1S/C6H11N3O2/c1-4(5(10)8-2)6(11)9(3)7/h4,7H,1-3H3/p+1. The van der Waals surface area contributed by atoms with Gasteiger partial charge in [0, 0.05) is 7.05 Å². The van der Waals surface area contributed by atoms with E-state index in [1.165, 1.54) is 21.0 Å². The second-order valence-corrected chi connectivity index (χ2v) is 2.23. The van der Waals surface area contributed by atoms with Crippen molar-refractivity contribution in [2.24, 2.45) is 5.92 Å². The van der Waals surface area contributed by atoms with Crippen molar-refractivity contribution in [2.45, 2.75) is 6.92 Å². The van der Waals surface area contributed by atoms with Crippen LogP contribution in [0.4, 0.5) is 0 Å². The van der Waals surface area contributed by atoms with Crippen LogP contribution in [0, 0.1) is 11.4 Å². The molecule has 0 spiro atoms. The van der Waals surface area contributed by atoms with Crippen molar-refractivity contribution in [2.75, 3.05) is 14.1 Å². The summed E-state index contributed by atoms with van der Waals surface area (Å²) in [7, 11) is 2.75. The van der Waals surface area contributed by atoms with Crippen molar-refractivity contribution in [1.82, 2.24) is 5.32 Å². The predicted molar refractivity (Wildman–Crippen MR) is 37.1 cm³/mol. The Morgan fingerprint density at radius 1 is 1.55 bits per heavy atom. The van der Waals surface area contributed by atoms with Gasteiger partial charge in [0.2, 0.25) is 5.91 Å². The molecule has 0 radical (unpaired) electrons. The summed E-state index contributed by atoms with van der Waals surface area (Å²) in [5, 5.41) is 2.33. The predicted octanol–water partition coefficient (Wildman–Crippen LogP) is -0.432. The summed E-state index contributed by atoms with van der Waals surface area (Å²) >= 11 is 0. The Balaban J connectivity index is 4.25. The zero-order valence-corrected chi connectivity index (χ0v) is 6.84. The van der Waals surface area contributed by atoms with Crippen molar-refractivity contribution < 1.29 is 14.3 Å². The average Bonchev–Trinajstić information content (AvgIpc) is 2.00. The van der Waals surface area contributed by atoms with E-state index >= 15 is 0 Å². The Labute approximate surface area is 64.9 Å². The molecule has 0 aromatic carbocycles. The van der Waals surface area contributed by atoms with Gasteiger partial charge in [-0.1, -0.05) is 10.2 Å². The lowest BCUT2D eigenvalue weighted by Gasteiger charge is -2.01. The van der Waals surface area contributed by atoms with Crippen LogP contribution >= 0.6 is 0 Å². The fourth-order valence-corrected chi connectivity index (χ4v) is 0.619. The summed E-state index contributed by atoms with van der Waals surface area (Å²) in [6, 6.07) is 0. The van der Waals surface area contributed by atoms with Gasteiger partial charge in [0.1, 0.15) is 0 Å². The van der Waals surface area contributed by atoms with Crippen molar-refractivity contribution in [3.63, 3.8) is 0 Å². The topological polar surface area (TPSA) is 73.0 Å². The molecule has 0 heterocycles. The molecule has 0 aromatic heterocycles. The molecule has 62 valence electrons. The highest BCUT2D eigenvalue weighted by Crippen LogP contribution is 1.95. The molecule has 0 fully saturated rings. The molecule has 5 heteroatoms. The SMILES string of the molecule is CNC(=O)C(C)C(=O)[N+](C)=N. The number of carbonyl (C=O) groups is 2. The number of rotatable bonds is 2. The maximum atomic E-state index is 10.9. The Kier molecular flexibility index (Phi) is 3.36. The van der Waals surface area contributed by atoms with Crippen LogP contribution in [0.1, 0.15) is 6.92 Å². The lowest BCUT2D eigenvalue weighted by Crippen LogP contribution is -2.34. The second kappa shape index (κ2) is 3.80. The molecule has 0 saturated heterocycles. The van der Waals surface area contributed by atoms with Crippen LogP contribution in [0.15, 0.2) is 0 Å². The normalized spacial score (nSPS) is 11.9. The van der Waals surface area contributed by atoms with Crippen LogP contribution in [0.3, 0.4) is 0 Å². The van der Waals surface area contributed by atoms with Crippen LogP contribution < -0.4 is 5.32 Å². The minimum absolute atomic E-state index is 0.367. The maximum absolute atomic E-state index is 10.9. The third kappa shape index (κ3) is 2.45. The van der Waals surface area contributed by atoms with E-state index in [-0.39, 0.29) is 5.91 Å². The van der Waals surface area contributed by atoms with Gasteiger partial charge >= 0.3 is 5.91 Å². The van der Waals surface area contributed by atoms with E-state index in [0.29, 0.717) is 4.70 Å². The molecule has 0 aliphatic heterocycles. The number of carbonyl (C=O) groups excluding carboxylic acids is 2. The molecular formula is C6H12N3O2+. The summed E-state index contributed by atoms with van der Waals surface area (Å²) in [5.41, 5.74) is 6.89. The Morgan fingerprint density at radius 3 is 2.27 bits per heavy atom. The molecular weight excluding hydrogens is 146 g/mol. The first kappa shape index (κ1) is 9.74. The summed E-state index contributed by atoms with van der Waals surface area (Å²) in [5.74, 6) is -1.65. The van der Waals surface area contributed by atoms with Gasteiger partial charge < -0.3 is 5.32 Å². The average molecular weight is 158 g/mol. The third-order valence-electron chi connectivity index (χ3n) is 1.34. The molecule has 1 unspecified atom stereocenters. The van der Waals surface area contributed by atoms with Gasteiger partial charge in [-0.25, -0.2) is 4.79 Å². The molecule has 0 aliphatic carbocycles. The van der Waals surface area contributed by atoms with Crippen molar-refractivity contribution in [1.29, 1.82) is 5.53 Å². The second-order valence-electron chi connectivity index (χ2n) is 2.23. The summed E-state index contributed by atoms with van der Waals surface area (Å²) in [6.07, 6.45) is 0. The Morgan fingerprint density at radius 2 is 2.00 bits per heavy atom. The molecule has 0 saturated carbocycles. The first-order valence-electron chi connectivity index (χ1n) is 3.21. The van der Waals surface area contributed by atoms with Gasteiger partial charge in [0.05, 0.1) is 0 Å². The minimum Gasteiger partial charge on any atom is -0.358 e. The van der Waals surface area contributed by atoms with Crippen LogP contribution in [-0.2, 0) is 9.59 Å². The summed E-state index contributed by atoms with van der Waals surface area (Å²) in [4.78, 5) is 21.7. The van der Waals surface area contributed by atoms with Gasteiger partial charge in [0.15, 0.2) is 13.0 Å². The van der Waals surface area contributed by atoms with Crippen molar-refractivity contribution in [3.8, 4) is 0 Å². The molecule has 0 rings (SSSR count). The quantitative estimate of drug-likeness (QED) is 0.325. The fraction of sp³-hybridized carbons (Fsp3) is 0.667. The van der Waals surface area contributed by atoms with Gasteiger partial charge in [-0.15, -0.1) is 0 Å². The molecule has 0 aromatic rings. The van der Waals surface area contributed by atoms with E-state index in [0.717, 1.165) is 0 Å².